The van der Waals surface area contributed by atoms with Gasteiger partial charge in [-0.25, -0.2) is 4.98 Å². The molecule has 1 fully saturated rings. The third kappa shape index (κ3) is 1.60. The van der Waals surface area contributed by atoms with Crippen LogP contribution in [0.3, 0.4) is 0 Å². The number of likely N-dealkylation sites (N-methyl/N-ethyl adjacent to an activating group) is 1. The molecule has 4 nitrogen and oxygen atoms in total. The molecule has 0 N–H and O–H groups in total. The van der Waals surface area contributed by atoms with E-state index < -0.39 is 0 Å². The smallest absolute Gasteiger partial charge is 0.245 e. The Hall–Kier alpha value is -1.55. The number of hydrogen-bond acceptors (Lipinski definition) is 2. The van der Waals surface area contributed by atoms with Crippen molar-refractivity contribution < 1.29 is 4.79 Å². The van der Waals surface area contributed by atoms with Crippen LogP contribution >= 0.6 is 11.6 Å². The fourth-order valence-corrected chi connectivity index (χ4v) is 2.77. The maximum absolute atomic E-state index is 12.1. The van der Waals surface area contributed by atoms with Gasteiger partial charge in [0.1, 0.15) is 11.9 Å². The molecule has 1 aliphatic heterocycles. The highest BCUT2D eigenvalue weighted by molar-refractivity contribution is 6.17. The Labute approximate surface area is 110 Å². The minimum absolute atomic E-state index is 0.143. The van der Waals surface area contributed by atoms with Crippen molar-refractivity contribution in [3.63, 3.8) is 0 Å². The van der Waals surface area contributed by atoms with Crippen LogP contribution in [-0.2, 0) is 10.7 Å². The molecule has 1 aromatic carbocycles. The average molecular weight is 264 g/mol. The van der Waals surface area contributed by atoms with E-state index >= 15 is 0 Å². The van der Waals surface area contributed by atoms with Crippen LogP contribution in [-0.4, -0.2) is 34.0 Å². The largest absolute Gasteiger partial charge is 0.344 e. The standard InChI is InChI=1S/C13H14ClN3O/c1-16-7-6-11(13(16)18)17-10-5-3-2-4-9(10)15-12(17)8-14/h2-5,11H,6-8H2,1H3. The highest BCUT2D eigenvalue weighted by Gasteiger charge is 2.32. The molecule has 94 valence electrons. The number of carbonyl (C=O) groups excluding carboxylic acids is 1. The molecule has 5 heteroatoms. The minimum Gasteiger partial charge on any atom is -0.344 e. The molecule has 1 saturated heterocycles. The summed E-state index contributed by atoms with van der Waals surface area (Å²) < 4.78 is 1.99. The Morgan fingerprint density at radius 3 is 2.89 bits per heavy atom. The van der Waals surface area contributed by atoms with Crippen molar-refractivity contribution in [1.82, 2.24) is 14.5 Å². The predicted molar refractivity (Wildman–Crippen MR) is 70.6 cm³/mol. The summed E-state index contributed by atoms with van der Waals surface area (Å²) in [6, 6.07) is 7.69. The van der Waals surface area contributed by atoms with Crippen LogP contribution in [0.2, 0.25) is 0 Å². The first-order valence-electron chi connectivity index (χ1n) is 5.99. The Morgan fingerprint density at radius 1 is 1.44 bits per heavy atom. The summed E-state index contributed by atoms with van der Waals surface area (Å²) in [6.07, 6.45) is 0.819. The number of nitrogens with zero attached hydrogens (tertiary/aromatic N) is 3. The Kier molecular flexibility index (Phi) is 2.74. The zero-order chi connectivity index (χ0) is 12.7. The van der Waals surface area contributed by atoms with Gasteiger partial charge in [-0.3, -0.25) is 4.79 Å². The van der Waals surface area contributed by atoms with Crippen LogP contribution in [0, 0.1) is 0 Å². The van der Waals surface area contributed by atoms with Gasteiger partial charge >= 0.3 is 0 Å². The molecule has 2 heterocycles. The van der Waals surface area contributed by atoms with Crippen molar-refractivity contribution in [1.29, 1.82) is 0 Å². The Balaban J connectivity index is 2.18. The lowest BCUT2D eigenvalue weighted by molar-refractivity contribution is -0.129. The Bertz CT molecular complexity index is 607. The van der Waals surface area contributed by atoms with Gasteiger partial charge < -0.3 is 9.47 Å². The van der Waals surface area contributed by atoms with Crippen molar-refractivity contribution >= 4 is 28.5 Å². The maximum atomic E-state index is 12.1. The highest BCUT2D eigenvalue weighted by Crippen LogP contribution is 2.29. The normalized spacial score (nSPS) is 20.0. The second-order valence-corrected chi connectivity index (χ2v) is 4.85. The number of alkyl halides is 1. The first kappa shape index (κ1) is 11.5. The van der Waals surface area contributed by atoms with Crippen molar-refractivity contribution in [2.75, 3.05) is 13.6 Å². The zero-order valence-corrected chi connectivity index (χ0v) is 10.9. The first-order valence-corrected chi connectivity index (χ1v) is 6.52. The number of likely N-dealkylation sites (tertiary alicyclic amines) is 1. The van der Waals surface area contributed by atoms with Gasteiger partial charge in [-0.2, -0.15) is 0 Å². The van der Waals surface area contributed by atoms with Gasteiger partial charge in [-0.05, 0) is 18.6 Å². The number of hydrogen-bond donors (Lipinski definition) is 0. The van der Waals surface area contributed by atoms with Crippen molar-refractivity contribution in [3.05, 3.63) is 30.1 Å². The number of benzene rings is 1. The molecule has 0 saturated carbocycles. The topological polar surface area (TPSA) is 38.1 Å². The van der Waals surface area contributed by atoms with Crippen molar-refractivity contribution in [2.24, 2.45) is 0 Å². The van der Waals surface area contributed by atoms with Crippen LogP contribution in [0.15, 0.2) is 24.3 Å². The highest BCUT2D eigenvalue weighted by atomic mass is 35.5. The van der Waals surface area contributed by atoms with E-state index in [0.717, 1.165) is 29.8 Å². The van der Waals surface area contributed by atoms with E-state index in [-0.39, 0.29) is 11.9 Å². The zero-order valence-electron chi connectivity index (χ0n) is 10.1. The summed E-state index contributed by atoms with van der Waals surface area (Å²) in [5, 5.41) is 0. The number of rotatable bonds is 2. The average Bonchev–Trinajstić information content (AvgIpc) is 2.91. The van der Waals surface area contributed by atoms with Gasteiger partial charge in [0.15, 0.2) is 0 Å². The van der Waals surface area contributed by atoms with Crippen LogP contribution in [0.1, 0.15) is 18.3 Å². The molecular weight excluding hydrogens is 250 g/mol. The third-order valence-electron chi connectivity index (χ3n) is 3.50. The third-order valence-corrected chi connectivity index (χ3v) is 3.74. The molecule has 0 bridgehead atoms. The summed E-state index contributed by atoms with van der Waals surface area (Å²) in [4.78, 5) is 18.4. The van der Waals surface area contributed by atoms with Gasteiger partial charge in [0.05, 0.1) is 16.9 Å². The lowest BCUT2D eigenvalue weighted by Gasteiger charge is -2.15. The summed E-state index contributed by atoms with van der Waals surface area (Å²) in [5.74, 6) is 1.23. The second kappa shape index (κ2) is 4.28. The van der Waals surface area contributed by atoms with Gasteiger partial charge in [0.2, 0.25) is 5.91 Å². The van der Waals surface area contributed by atoms with E-state index in [1.165, 1.54) is 0 Å². The van der Waals surface area contributed by atoms with E-state index in [1.54, 1.807) is 4.90 Å². The number of aromatic nitrogens is 2. The number of imidazole rings is 1. The molecule has 0 spiro atoms. The van der Waals surface area contributed by atoms with Gasteiger partial charge in [0.25, 0.3) is 0 Å². The lowest BCUT2D eigenvalue weighted by atomic mass is 10.2. The fourth-order valence-electron chi connectivity index (χ4n) is 2.58. The van der Waals surface area contributed by atoms with Crippen LogP contribution in [0.4, 0.5) is 0 Å². The molecule has 0 aliphatic carbocycles. The van der Waals surface area contributed by atoms with E-state index in [0.29, 0.717) is 5.88 Å². The molecule has 1 amide bonds. The molecule has 1 aromatic heterocycles. The van der Waals surface area contributed by atoms with E-state index in [9.17, 15) is 4.79 Å². The first-order chi connectivity index (χ1) is 8.72. The van der Waals surface area contributed by atoms with E-state index in [4.69, 9.17) is 11.6 Å². The maximum Gasteiger partial charge on any atom is 0.245 e. The second-order valence-electron chi connectivity index (χ2n) is 4.58. The summed E-state index contributed by atoms with van der Waals surface area (Å²) in [6.45, 7) is 0.789. The summed E-state index contributed by atoms with van der Waals surface area (Å²) >= 11 is 5.96. The number of fused-ring (bicyclic) bond motifs is 1. The quantitative estimate of drug-likeness (QED) is 0.779. The van der Waals surface area contributed by atoms with Crippen LogP contribution in [0.25, 0.3) is 11.0 Å². The van der Waals surface area contributed by atoms with E-state index in [1.807, 2.05) is 35.9 Å². The minimum atomic E-state index is -0.156. The fraction of sp³-hybridized carbons (Fsp3) is 0.385. The van der Waals surface area contributed by atoms with E-state index in [2.05, 4.69) is 4.98 Å². The molecule has 2 aromatic rings. The van der Waals surface area contributed by atoms with Crippen LogP contribution in [0.5, 0.6) is 0 Å². The van der Waals surface area contributed by atoms with Gasteiger partial charge in [-0.1, -0.05) is 12.1 Å². The van der Waals surface area contributed by atoms with Crippen molar-refractivity contribution in [2.45, 2.75) is 18.3 Å². The SMILES string of the molecule is CN1CCC(n2c(CCl)nc3ccccc32)C1=O. The number of amides is 1. The molecule has 1 atom stereocenters. The molecule has 1 aliphatic rings. The van der Waals surface area contributed by atoms with Crippen LogP contribution < -0.4 is 0 Å². The van der Waals surface area contributed by atoms with Gasteiger partial charge in [0, 0.05) is 13.6 Å². The molecular formula is C13H14ClN3O. The Morgan fingerprint density at radius 2 is 2.22 bits per heavy atom. The number of carbonyl (C=O) groups is 1. The summed E-state index contributed by atoms with van der Waals surface area (Å²) in [7, 11) is 1.84. The van der Waals surface area contributed by atoms with Gasteiger partial charge in [-0.15, -0.1) is 11.6 Å². The number of para-hydroxylation sites is 2. The van der Waals surface area contributed by atoms with Crippen molar-refractivity contribution in [3.8, 4) is 0 Å². The molecule has 18 heavy (non-hydrogen) atoms. The number of halogens is 1. The molecule has 1 unspecified atom stereocenters. The molecule has 3 rings (SSSR count). The molecule has 0 radical (unpaired) electrons. The lowest BCUT2D eigenvalue weighted by Crippen LogP contribution is -2.25. The summed E-state index contributed by atoms with van der Waals surface area (Å²) in [5.41, 5.74) is 1.89. The predicted octanol–water partition coefficient (Wildman–Crippen LogP) is 2.18. The monoisotopic (exact) mass is 263 g/mol.